The van der Waals surface area contributed by atoms with E-state index in [1.807, 2.05) is 49.1 Å². The number of nitrogens with zero attached hydrogens (tertiary/aromatic N) is 3. The largest absolute Gasteiger partial charge is 0.350 e. The van der Waals surface area contributed by atoms with Crippen molar-refractivity contribution in [1.29, 1.82) is 0 Å². The molecule has 29 heavy (non-hydrogen) atoms. The molecule has 5 heteroatoms. The molecule has 0 bridgehead atoms. The highest BCUT2D eigenvalue weighted by atomic mass is 16.1. The number of benzene rings is 2. The summed E-state index contributed by atoms with van der Waals surface area (Å²) in [6.45, 7) is 6.77. The number of aryl methyl sites for hydroxylation is 1. The van der Waals surface area contributed by atoms with Gasteiger partial charge in [-0.3, -0.25) is 4.79 Å². The number of carbonyl (C=O) groups excluding carboxylic acids is 1. The van der Waals surface area contributed by atoms with Crippen molar-refractivity contribution in [3.05, 3.63) is 83.2 Å². The standard InChI is InChI=1S/C24H30N4O/c1-17(2)23-21(15-26-28(23)20-13-11-18(3)12-14-20)24(29)25-16-22(27(4)5)19-9-7-6-8-10-19/h6-15,17,22H,16H2,1-5H3,(H,25,29). The molecule has 0 aliphatic heterocycles. The second-order valence-corrected chi connectivity index (χ2v) is 7.95. The molecule has 152 valence electrons. The SMILES string of the molecule is Cc1ccc(-n2ncc(C(=O)NCC(c3ccccc3)N(C)C)c2C(C)C)cc1. The summed E-state index contributed by atoms with van der Waals surface area (Å²) in [7, 11) is 4.05. The third-order valence-electron chi connectivity index (χ3n) is 5.14. The van der Waals surface area contributed by atoms with Gasteiger partial charge >= 0.3 is 0 Å². The number of aromatic nitrogens is 2. The van der Waals surface area contributed by atoms with Crippen molar-refractivity contribution in [1.82, 2.24) is 20.0 Å². The number of nitrogens with one attached hydrogen (secondary N) is 1. The molecule has 1 heterocycles. The van der Waals surface area contributed by atoms with Gasteiger partial charge < -0.3 is 10.2 Å². The molecular weight excluding hydrogens is 360 g/mol. The van der Waals surface area contributed by atoms with Crippen LogP contribution >= 0.6 is 0 Å². The molecule has 1 unspecified atom stereocenters. The molecule has 0 saturated heterocycles. The Hall–Kier alpha value is -2.92. The monoisotopic (exact) mass is 390 g/mol. The van der Waals surface area contributed by atoms with Crippen LogP contribution in [0.1, 0.15) is 53.0 Å². The molecule has 3 aromatic rings. The number of rotatable bonds is 7. The highest BCUT2D eigenvalue weighted by Crippen LogP contribution is 2.24. The smallest absolute Gasteiger partial charge is 0.254 e. The van der Waals surface area contributed by atoms with E-state index in [2.05, 4.69) is 60.4 Å². The molecule has 5 nitrogen and oxygen atoms in total. The van der Waals surface area contributed by atoms with Gasteiger partial charge in [0.1, 0.15) is 0 Å². The summed E-state index contributed by atoms with van der Waals surface area (Å²) in [5, 5.41) is 7.64. The van der Waals surface area contributed by atoms with Gasteiger partial charge in [-0.1, -0.05) is 61.9 Å². The van der Waals surface area contributed by atoms with Gasteiger partial charge in [0.25, 0.3) is 5.91 Å². The second-order valence-electron chi connectivity index (χ2n) is 7.95. The maximum Gasteiger partial charge on any atom is 0.254 e. The lowest BCUT2D eigenvalue weighted by Crippen LogP contribution is -2.34. The Morgan fingerprint density at radius 3 is 2.31 bits per heavy atom. The zero-order valence-electron chi connectivity index (χ0n) is 17.9. The number of likely N-dealkylation sites (N-methyl/N-ethyl adjacent to an activating group) is 1. The lowest BCUT2D eigenvalue weighted by atomic mass is 10.0. The van der Waals surface area contributed by atoms with E-state index in [9.17, 15) is 4.79 Å². The van der Waals surface area contributed by atoms with Gasteiger partial charge in [0.2, 0.25) is 0 Å². The summed E-state index contributed by atoms with van der Waals surface area (Å²) in [5.74, 6) is 0.0770. The second kappa shape index (κ2) is 9.05. The van der Waals surface area contributed by atoms with Crippen molar-refractivity contribution in [2.75, 3.05) is 20.6 Å². The topological polar surface area (TPSA) is 50.2 Å². The maximum absolute atomic E-state index is 13.0. The van der Waals surface area contributed by atoms with Crippen LogP contribution in [0.25, 0.3) is 5.69 Å². The first-order valence-electron chi connectivity index (χ1n) is 10.0. The molecule has 1 aromatic heterocycles. The van der Waals surface area contributed by atoms with Crippen LogP contribution in [0.2, 0.25) is 0 Å². The summed E-state index contributed by atoms with van der Waals surface area (Å²) >= 11 is 0. The van der Waals surface area contributed by atoms with Crippen molar-refractivity contribution in [2.45, 2.75) is 32.7 Å². The fourth-order valence-electron chi connectivity index (χ4n) is 3.54. The molecular formula is C24H30N4O. The number of hydrogen-bond acceptors (Lipinski definition) is 3. The Labute approximate surface area is 173 Å². The van der Waals surface area contributed by atoms with Crippen LogP contribution in [-0.4, -0.2) is 41.2 Å². The Kier molecular flexibility index (Phi) is 6.49. The molecule has 0 aliphatic carbocycles. The fraction of sp³-hybridized carbons (Fsp3) is 0.333. The summed E-state index contributed by atoms with van der Waals surface area (Å²) in [6.07, 6.45) is 1.68. The molecule has 0 aliphatic rings. The van der Waals surface area contributed by atoms with E-state index in [4.69, 9.17) is 0 Å². The van der Waals surface area contributed by atoms with Crippen LogP contribution in [0.15, 0.2) is 60.8 Å². The van der Waals surface area contributed by atoms with Crippen LogP contribution in [0.5, 0.6) is 0 Å². The van der Waals surface area contributed by atoms with Crippen molar-refractivity contribution in [3.8, 4) is 5.69 Å². The van der Waals surface area contributed by atoms with Gasteiger partial charge in [0.05, 0.1) is 29.2 Å². The van der Waals surface area contributed by atoms with Gasteiger partial charge in [-0.05, 0) is 44.6 Å². The fourth-order valence-corrected chi connectivity index (χ4v) is 3.54. The van der Waals surface area contributed by atoms with Crippen LogP contribution in [0.3, 0.4) is 0 Å². The Morgan fingerprint density at radius 1 is 1.07 bits per heavy atom. The molecule has 2 aromatic carbocycles. The van der Waals surface area contributed by atoms with Crippen LogP contribution < -0.4 is 5.32 Å². The predicted octanol–water partition coefficient (Wildman–Crippen LogP) is 4.34. The van der Waals surface area contributed by atoms with E-state index in [1.54, 1.807) is 6.20 Å². The quantitative estimate of drug-likeness (QED) is 0.653. The van der Waals surface area contributed by atoms with E-state index < -0.39 is 0 Å². The zero-order chi connectivity index (χ0) is 21.0. The lowest BCUT2D eigenvalue weighted by Gasteiger charge is -2.25. The van der Waals surface area contributed by atoms with Crippen molar-refractivity contribution in [2.24, 2.45) is 0 Å². The summed E-state index contributed by atoms with van der Waals surface area (Å²) < 4.78 is 1.87. The minimum Gasteiger partial charge on any atom is -0.350 e. The van der Waals surface area contributed by atoms with Gasteiger partial charge in [0, 0.05) is 6.54 Å². The third-order valence-corrected chi connectivity index (χ3v) is 5.14. The normalized spacial score (nSPS) is 12.4. The van der Waals surface area contributed by atoms with Crippen LogP contribution in [-0.2, 0) is 0 Å². The van der Waals surface area contributed by atoms with E-state index in [1.165, 1.54) is 11.1 Å². The maximum atomic E-state index is 13.0. The minimum absolute atomic E-state index is 0.0881. The average Bonchev–Trinajstić information content (AvgIpc) is 3.14. The van der Waals surface area contributed by atoms with Gasteiger partial charge in [-0.2, -0.15) is 5.10 Å². The van der Waals surface area contributed by atoms with Gasteiger partial charge in [-0.15, -0.1) is 0 Å². The highest BCUT2D eigenvalue weighted by molar-refractivity contribution is 5.95. The Balaban J connectivity index is 1.83. The molecule has 1 atom stereocenters. The first kappa shape index (κ1) is 20.8. The van der Waals surface area contributed by atoms with E-state index in [0.717, 1.165) is 11.4 Å². The number of carbonyl (C=O) groups is 1. The molecule has 0 radical (unpaired) electrons. The van der Waals surface area contributed by atoms with E-state index in [-0.39, 0.29) is 17.9 Å². The first-order chi connectivity index (χ1) is 13.9. The van der Waals surface area contributed by atoms with Crippen molar-refractivity contribution in [3.63, 3.8) is 0 Å². The van der Waals surface area contributed by atoms with E-state index >= 15 is 0 Å². The Morgan fingerprint density at radius 2 is 1.72 bits per heavy atom. The first-order valence-corrected chi connectivity index (χ1v) is 10.0. The number of amides is 1. The lowest BCUT2D eigenvalue weighted by molar-refractivity contribution is 0.0940. The van der Waals surface area contributed by atoms with Crippen molar-refractivity contribution >= 4 is 5.91 Å². The summed E-state index contributed by atoms with van der Waals surface area (Å²) in [5.41, 5.74) is 4.89. The van der Waals surface area contributed by atoms with Crippen LogP contribution in [0.4, 0.5) is 0 Å². The van der Waals surface area contributed by atoms with Crippen LogP contribution in [0, 0.1) is 6.92 Å². The summed E-state index contributed by atoms with van der Waals surface area (Å²) in [4.78, 5) is 15.2. The van der Waals surface area contributed by atoms with Crippen molar-refractivity contribution < 1.29 is 4.79 Å². The van der Waals surface area contributed by atoms with E-state index in [0.29, 0.717) is 12.1 Å². The summed E-state index contributed by atoms with van der Waals surface area (Å²) in [6, 6.07) is 18.5. The molecule has 0 spiro atoms. The molecule has 0 saturated carbocycles. The number of hydrogen-bond donors (Lipinski definition) is 1. The minimum atomic E-state index is -0.0881. The van der Waals surface area contributed by atoms with Gasteiger partial charge in [0.15, 0.2) is 0 Å². The molecule has 1 amide bonds. The molecule has 3 rings (SSSR count). The highest BCUT2D eigenvalue weighted by Gasteiger charge is 2.22. The predicted molar refractivity (Wildman–Crippen MR) is 118 cm³/mol. The third kappa shape index (κ3) is 4.74. The zero-order valence-corrected chi connectivity index (χ0v) is 17.9. The van der Waals surface area contributed by atoms with Gasteiger partial charge in [-0.25, -0.2) is 4.68 Å². The molecule has 0 fully saturated rings. The molecule has 1 N–H and O–H groups in total. The average molecular weight is 391 g/mol. The Bertz CT molecular complexity index is 943.